The fraction of sp³-hybridized carbons (Fsp3) is 0.467. The van der Waals surface area contributed by atoms with Gasteiger partial charge in [0.05, 0.1) is 5.69 Å². The predicted molar refractivity (Wildman–Crippen MR) is 79.2 cm³/mol. The van der Waals surface area contributed by atoms with E-state index in [1.54, 1.807) is 12.1 Å². The number of anilines is 1. The van der Waals surface area contributed by atoms with Crippen molar-refractivity contribution >= 4 is 33.3 Å². The number of halogens is 1. The molecule has 0 atom stereocenters. The van der Waals surface area contributed by atoms with E-state index < -0.39 is 0 Å². The van der Waals surface area contributed by atoms with Gasteiger partial charge in [0.1, 0.15) is 5.75 Å². The van der Waals surface area contributed by atoms with Gasteiger partial charge in [0.25, 0.3) is 5.91 Å². The van der Waals surface area contributed by atoms with E-state index in [4.69, 9.17) is 4.74 Å². The molecule has 1 heterocycles. The third-order valence-corrected chi connectivity index (χ3v) is 4.60. The van der Waals surface area contributed by atoms with Crippen molar-refractivity contribution in [1.82, 2.24) is 0 Å². The predicted octanol–water partition coefficient (Wildman–Crippen LogP) is 3.54. The maximum Gasteiger partial charge on any atom is 0.262 e. The van der Waals surface area contributed by atoms with Crippen LogP contribution in [0, 0.1) is 5.92 Å². The highest BCUT2D eigenvalue weighted by Crippen LogP contribution is 2.36. The first-order chi connectivity index (χ1) is 9.65. The Morgan fingerprint density at radius 3 is 2.75 bits per heavy atom. The molecule has 1 aliphatic carbocycles. The molecule has 106 valence electrons. The molecule has 1 fully saturated rings. The van der Waals surface area contributed by atoms with Gasteiger partial charge in [-0.15, -0.1) is 0 Å². The van der Waals surface area contributed by atoms with Crippen LogP contribution in [0.3, 0.4) is 0 Å². The highest BCUT2D eigenvalue weighted by atomic mass is 79.9. The van der Waals surface area contributed by atoms with Gasteiger partial charge >= 0.3 is 0 Å². The van der Waals surface area contributed by atoms with E-state index in [-0.39, 0.29) is 24.2 Å². The van der Waals surface area contributed by atoms with Crippen LogP contribution in [0.1, 0.15) is 42.5 Å². The molecule has 1 aliphatic heterocycles. The Hall–Kier alpha value is -1.36. The summed E-state index contributed by atoms with van der Waals surface area (Å²) in [5.74, 6) is 0.707. The molecule has 0 spiro atoms. The Bertz CT molecular complexity index is 564. The van der Waals surface area contributed by atoms with Crippen LogP contribution in [0.15, 0.2) is 16.6 Å². The van der Waals surface area contributed by atoms with Gasteiger partial charge in [-0.1, -0.05) is 19.3 Å². The number of carbonyl (C=O) groups is 2. The first-order valence-corrected chi connectivity index (χ1v) is 7.75. The van der Waals surface area contributed by atoms with E-state index >= 15 is 0 Å². The second-order valence-electron chi connectivity index (χ2n) is 5.36. The van der Waals surface area contributed by atoms with Gasteiger partial charge in [0.2, 0.25) is 0 Å². The first kappa shape index (κ1) is 13.6. The first-order valence-electron chi connectivity index (χ1n) is 6.95. The summed E-state index contributed by atoms with van der Waals surface area (Å²) in [6.07, 6.45) is 5.43. The smallest absolute Gasteiger partial charge is 0.262 e. The summed E-state index contributed by atoms with van der Waals surface area (Å²) >= 11 is 3.43. The Morgan fingerprint density at radius 2 is 2.00 bits per heavy atom. The third kappa shape index (κ3) is 2.59. The summed E-state index contributed by atoms with van der Waals surface area (Å²) in [4.78, 5) is 23.9. The van der Waals surface area contributed by atoms with Crippen LogP contribution in [0.25, 0.3) is 0 Å². The number of nitrogens with one attached hydrogen (secondary N) is 1. The number of carbonyl (C=O) groups excluding carboxylic acids is 2. The fourth-order valence-electron chi connectivity index (χ4n) is 2.87. The maximum absolute atomic E-state index is 12.6. The van der Waals surface area contributed by atoms with Gasteiger partial charge in [-0.25, -0.2) is 0 Å². The number of amides is 1. The van der Waals surface area contributed by atoms with Gasteiger partial charge in [0.15, 0.2) is 12.4 Å². The second-order valence-corrected chi connectivity index (χ2v) is 6.22. The van der Waals surface area contributed by atoms with Crippen molar-refractivity contribution in [2.45, 2.75) is 32.1 Å². The van der Waals surface area contributed by atoms with Gasteiger partial charge < -0.3 is 10.1 Å². The fourth-order valence-corrected chi connectivity index (χ4v) is 3.41. The standard InChI is InChI=1S/C15H16BrNO3/c16-11-7-12-13(20-8-14(18)17-12)6-10(11)15(19)9-4-2-1-3-5-9/h6-7,9H,1-5,8H2,(H,17,18). The molecule has 1 aromatic rings. The molecule has 2 aliphatic rings. The van der Waals surface area contributed by atoms with E-state index in [1.807, 2.05) is 0 Å². The zero-order chi connectivity index (χ0) is 14.1. The quantitative estimate of drug-likeness (QED) is 0.839. The topological polar surface area (TPSA) is 55.4 Å². The van der Waals surface area contributed by atoms with Crippen LogP contribution in [-0.4, -0.2) is 18.3 Å². The monoisotopic (exact) mass is 337 g/mol. The van der Waals surface area contributed by atoms with Crippen molar-refractivity contribution in [3.8, 4) is 5.75 Å². The zero-order valence-corrected chi connectivity index (χ0v) is 12.7. The SMILES string of the molecule is O=C1COc2cc(C(=O)C3CCCCC3)c(Br)cc2N1. The maximum atomic E-state index is 12.6. The van der Waals surface area contributed by atoms with E-state index in [2.05, 4.69) is 21.2 Å². The molecular formula is C15H16BrNO3. The molecule has 3 rings (SSSR count). The van der Waals surface area contributed by atoms with Gasteiger partial charge in [0, 0.05) is 16.0 Å². The van der Waals surface area contributed by atoms with Gasteiger partial charge in [-0.2, -0.15) is 0 Å². The van der Waals surface area contributed by atoms with Crippen molar-refractivity contribution in [1.29, 1.82) is 0 Å². The molecule has 0 saturated heterocycles. The number of hydrogen-bond acceptors (Lipinski definition) is 3. The van der Waals surface area contributed by atoms with Crippen LogP contribution in [0.4, 0.5) is 5.69 Å². The summed E-state index contributed by atoms with van der Waals surface area (Å²) in [7, 11) is 0. The molecule has 1 N–H and O–H groups in total. The van der Waals surface area contributed by atoms with Crippen LogP contribution >= 0.6 is 15.9 Å². The second kappa shape index (κ2) is 5.56. The van der Waals surface area contributed by atoms with Crippen LogP contribution < -0.4 is 10.1 Å². The molecule has 20 heavy (non-hydrogen) atoms. The molecule has 4 nitrogen and oxygen atoms in total. The molecule has 0 unspecified atom stereocenters. The van der Waals surface area contributed by atoms with Crippen molar-refractivity contribution in [2.75, 3.05) is 11.9 Å². The number of ether oxygens (including phenoxy) is 1. The lowest BCUT2D eigenvalue weighted by molar-refractivity contribution is -0.118. The Labute approximate surface area is 126 Å². The number of rotatable bonds is 2. The number of benzene rings is 1. The third-order valence-electron chi connectivity index (χ3n) is 3.94. The molecule has 0 radical (unpaired) electrons. The molecule has 1 aromatic carbocycles. The summed E-state index contributed by atoms with van der Waals surface area (Å²) in [6, 6.07) is 3.50. The molecule has 1 saturated carbocycles. The summed E-state index contributed by atoms with van der Waals surface area (Å²) in [5, 5.41) is 2.74. The highest BCUT2D eigenvalue weighted by Gasteiger charge is 2.26. The minimum atomic E-state index is -0.171. The number of Topliss-reactive ketones (excluding diaryl/α,β-unsaturated/α-hetero) is 1. The van der Waals surface area contributed by atoms with Crippen LogP contribution in [-0.2, 0) is 4.79 Å². The minimum absolute atomic E-state index is 0.00565. The van der Waals surface area contributed by atoms with Crippen molar-refractivity contribution in [2.24, 2.45) is 5.92 Å². The minimum Gasteiger partial charge on any atom is -0.482 e. The molecule has 0 bridgehead atoms. The van der Waals surface area contributed by atoms with Crippen molar-refractivity contribution < 1.29 is 14.3 Å². The Kier molecular flexibility index (Phi) is 3.78. The zero-order valence-electron chi connectivity index (χ0n) is 11.1. The summed E-state index contributed by atoms with van der Waals surface area (Å²) < 4.78 is 6.10. The largest absolute Gasteiger partial charge is 0.482 e. The van der Waals surface area contributed by atoms with Crippen LogP contribution in [0.5, 0.6) is 5.75 Å². The normalized spacial score (nSPS) is 18.9. The lowest BCUT2D eigenvalue weighted by Gasteiger charge is -2.23. The van der Waals surface area contributed by atoms with Gasteiger partial charge in [-0.3, -0.25) is 9.59 Å². The lowest BCUT2D eigenvalue weighted by Crippen LogP contribution is -2.26. The molecule has 0 aromatic heterocycles. The average molecular weight is 338 g/mol. The molecule has 5 heteroatoms. The number of fused-ring (bicyclic) bond motifs is 1. The molecule has 1 amide bonds. The average Bonchev–Trinajstić information content (AvgIpc) is 2.46. The number of ketones is 1. The van der Waals surface area contributed by atoms with E-state index in [1.165, 1.54) is 6.42 Å². The van der Waals surface area contributed by atoms with Crippen LogP contribution in [0.2, 0.25) is 0 Å². The van der Waals surface area contributed by atoms with Crippen molar-refractivity contribution in [3.05, 3.63) is 22.2 Å². The highest BCUT2D eigenvalue weighted by molar-refractivity contribution is 9.10. The van der Waals surface area contributed by atoms with E-state index in [9.17, 15) is 9.59 Å². The Morgan fingerprint density at radius 1 is 1.25 bits per heavy atom. The summed E-state index contributed by atoms with van der Waals surface area (Å²) in [6.45, 7) is 0.00565. The molecular weight excluding hydrogens is 322 g/mol. The van der Waals surface area contributed by atoms with E-state index in [0.717, 1.165) is 30.2 Å². The number of hydrogen-bond donors (Lipinski definition) is 1. The Balaban J connectivity index is 1.89. The summed E-state index contributed by atoms with van der Waals surface area (Å²) in [5.41, 5.74) is 1.28. The van der Waals surface area contributed by atoms with Crippen molar-refractivity contribution in [3.63, 3.8) is 0 Å². The van der Waals surface area contributed by atoms with Gasteiger partial charge in [-0.05, 0) is 40.9 Å². The van der Waals surface area contributed by atoms with E-state index in [0.29, 0.717) is 17.0 Å². The lowest BCUT2D eigenvalue weighted by atomic mass is 9.84.